The zero-order chi connectivity index (χ0) is 61.0. The summed E-state index contributed by atoms with van der Waals surface area (Å²) < 4.78 is 82.1. The summed E-state index contributed by atoms with van der Waals surface area (Å²) in [5, 5.41) is 14.4. The molecule has 2 aromatic carbocycles. The highest BCUT2D eigenvalue weighted by Gasteiger charge is 2.92. The molecule has 3 fully saturated rings. The fourth-order valence-electron chi connectivity index (χ4n) is 12.4. The molecule has 446 valence electrons. The second-order valence-corrected chi connectivity index (χ2v) is 22.0. The van der Waals surface area contributed by atoms with E-state index < -0.39 is 156 Å². The Balaban J connectivity index is 1.47. The van der Waals surface area contributed by atoms with Gasteiger partial charge in [-0.05, 0) is 70.2 Å². The number of rotatable bonds is 9. The standard InChI is InChI=1S/C59H62N2O23/c1-28-29(2)49(65)81-46-44(80-50(66)33-16-13-12-14-17-33)48(78-31(4)63)58-27-76-53(69)37-24-60-21-19-34(37)25-74-42-38(72-10)22-35(23-39(42)73-11)51(67)79-43(47(58)82-54(70)55(6,7)83-32(5)64)40-45(77-30(3)62)59(58,57(46,9)71)84-56(40,8)26-75-52(68)36-18-15-20-61-41(28)36/h12-24,28-29,40,43-48,71H,25-27H2,1-11H3/t28-,29-,40+,43+,44-,45+,46-,47+,48-,56-,57-,58+,59-/m0/s1. The molecule has 4 aromatic rings. The van der Waals surface area contributed by atoms with Gasteiger partial charge in [-0.2, -0.15) is 0 Å². The first-order chi connectivity index (χ1) is 39.7. The van der Waals surface area contributed by atoms with Crippen molar-refractivity contribution in [2.45, 2.75) is 134 Å². The van der Waals surface area contributed by atoms with Gasteiger partial charge in [0.2, 0.25) is 11.4 Å². The Morgan fingerprint density at radius 3 is 1.99 bits per heavy atom. The minimum atomic E-state index is -3.13. The van der Waals surface area contributed by atoms with Crippen molar-refractivity contribution in [2.75, 3.05) is 27.4 Å². The summed E-state index contributed by atoms with van der Waals surface area (Å²) >= 11 is 0. The maximum atomic E-state index is 15.5. The summed E-state index contributed by atoms with van der Waals surface area (Å²) in [6, 6.07) is 13.9. The molecule has 2 aliphatic carbocycles. The van der Waals surface area contributed by atoms with E-state index in [0.29, 0.717) is 0 Å². The Kier molecular flexibility index (Phi) is 16.0. The van der Waals surface area contributed by atoms with Crippen molar-refractivity contribution in [2.24, 2.45) is 17.3 Å². The monoisotopic (exact) mass is 1170 g/mol. The zero-order valence-electron chi connectivity index (χ0n) is 47.6. The van der Waals surface area contributed by atoms with Crippen LogP contribution in [0.4, 0.5) is 0 Å². The molecular weight excluding hydrogens is 1100 g/mol. The molecule has 84 heavy (non-hydrogen) atoms. The number of carbonyl (C=O) groups is 9. The number of aliphatic hydroxyl groups is 1. The fraction of sp³-hybridized carbons (Fsp3) is 0.475. The quantitative estimate of drug-likeness (QED) is 0.178. The third-order valence-corrected chi connectivity index (χ3v) is 16.3. The van der Waals surface area contributed by atoms with Crippen LogP contribution in [0.2, 0.25) is 0 Å². The lowest BCUT2D eigenvalue weighted by Crippen LogP contribution is -2.89. The van der Waals surface area contributed by atoms with Crippen molar-refractivity contribution >= 4 is 53.7 Å². The molecule has 6 aliphatic rings. The Bertz CT molecular complexity index is 3300. The van der Waals surface area contributed by atoms with Crippen molar-refractivity contribution in [1.29, 1.82) is 0 Å². The van der Waals surface area contributed by atoms with Crippen molar-refractivity contribution in [3.63, 3.8) is 0 Å². The fourth-order valence-corrected chi connectivity index (χ4v) is 12.4. The predicted molar refractivity (Wildman–Crippen MR) is 281 cm³/mol. The number of nitrogens with zero attached hydrogens (tertiary/aromatic N) is 2. The molecule has 8 bridgehead atoms. The number of ether oxygens (including phenoxy) is 13. The van der Waals surface area contributed by atoms with Gasteiger partial charge in [-0.25, -0.2) is 24.0 Å². The molecule has 6 heterocycles. The maximum Gasteiger partial charge on any atom is 0.350 e. The molecule has 1 saturated heterocycles. The molecule has 25 heteroatoms. The molecule has 0 amide bonds. The van der Waals surface area contributed by atoms with Gasteiger partial charge in [0.05, 0.1) is 54.0 Å². The highest BCUT2D eigenvalue weighted by Crippen LogP contribution is 2.70. The Labute approximate surface area is 480 Å². The molecule has 13 atom stereocenters. The van der Waals surface area contributed by atoms with Crippen LogP contribution in [-0.4, -0.2) is 155 Å². The van der Waals surface area contributed by atoms with Crippen LogP contribution in [0.5, 0.6) is 17.2 Å². The Morgan fingerprint density at radius 1 is 0.702 bits per heavy atom. The van der Waals surface area contributed by atoms with Crippen LogP contribution in [0, 0.1) is 17.3 Å². The summed E-state index contributed by atoms with van der Waals surface area (Å²) in [5.41, 5.74) is -14.7. The van der Waals surface area contributed by atoms with Crippen molar-refractivity contribution in [3.05, 3.63) is 113 Å². The molecule has 0 unspecified atom stereocenters. The van der Waals surface area contributed by atoms with E-state index in [1.165, 1.54) is 95.1 Å². The van der Waals surface area contributed by atoms with Gasteiger partial charge in [-0.3, -0.25) is 29.1 Å². The van der Waals surface area contributed by atoms with E-state index in [-0.39, 0.29) is 50.8 Å². The number of cyclic esters (lactones) is 1. The van der Waals surface area contributed by atoms with E-state index in [9.17, 15) is 29.1 Å². The van der Waals surface area contributed by atoms with Crippen LogP contribution in [0.15, 0.2) is 79.3 Å². The lowest BCUT2D eigenvalue weighted by atomic mass is 9.45. The van der Waals surface area contributed by atoms with Crippen LogP contribution in [0.1, 0.15) is 121 Å². The van der Waals surface area contributed by atoms with Gasteiger partial charge in [0.15, 0.2) is 41.5 Å². The molecule has 4 aliphatic heterocycles. The lowest BCUT2D eigenvalue weighted by Gasteiger charge is -2.67. The van der Waals surface area contributed by atoms with E-state index >= 15 is 19.2 Å². The van der Waals surface area contributed by atoms with Crippen LogP contribution in [0.25, 0.3) is 0 Å². The van der Waals surface area contributed by atoms with E-state index in [1.807, 2.05) is 0 Å². The van der Waals surface area contributed by atoms with E-state index in [0.717, 1.165) is 47.7 Å². The van der Waals surface area contributed by atoms with Gasteiger partial charge >= 0.3 is 53.7 Å². The Hall–Kier alpha value is -8.71. The molecule has 10 rings (SSSR count). The average Bonchev–Trinajstić information content (AvgIpc) is 1.34. The molecule has 2 spiro atoms. The molecule has 2 aromatic heterocycles. The third kappa shape index (κ3) is 10.0. The highest BCUT2D eigenvalue weighted by molar-refractivity contribution is 5.93. The average molecular weight is 1170 g/mol. The third-order valence-electron chi connectivity index (χ3n) is 16.3. The van der Waals surface area contributed by atoms with E-state index in [2.05, 4.69) is 9.97 Å². The van der Waals surface area contributed by atoms with Gasteiger partial charge in [0.25, 0.3) is 0 Å². The number of fused-ring (bicyclic) bond motifs is 11. The number of methoxy groups -OCH3 is 2. The van der Waals surface area contributed by atoms with E-state index in [4.69, 9.17) is 61.6 Å². The zero-order valence-corrected chi connectivity index (χ0v) is 47.6. The van der Waals surface area contributed by atoms with E-state index in [1.54, 1.807) is 13.0 Å². The smallest absolute Gasteiger partial charge is 0.350 e. The molecule has 2 saturated carbocycles. The molecule has 1 N–H and O–H groups in total. The highest BCUT2D eigenvalue weighted by atomic mass is 16.7. The largest absolute Gasteiger partial charge is 0.493 e. The number of pyridine rings is 2. The van der Waals surface area contributed by atoms with Crippen LogP contribution < -0.4 is 14.2 Å². The summed E-state index contributed by atoms with van der Waals surface area (Å²) in [4.78, 5) is 141. The normalized spacial score (nSPS) is 30.8. The van der Waals surface area contributed by atoms with Gasteiger partial charge in [0.1, 0.15) is 48.6 Å². The van der Waals surface area contributed by atoms with Crippen LogP contribution >= 0.6 is 0 Å². The second-order valence-electron chi connectivity index (χ2n) is 22.0. The van der Waals surface area contributed by atoms with Gasteiger partial charge in [-0.15, -0.1) is 0 Å². The van der Waals surface area contributed by atoms with Crippen molar-refractivity contribution in [1.82, 2.24) is 9.97 Å². The number of hydrogen-bond donors (Lipinski definition) is 1. The second kappa shape index (κ2) is 22.5. The maximum absolute atomic E-state index is 15.5. The summed E-state index contributed by atoms with van der Waals surface area (Å²) in [6.45, 7) is 7.75. The van der Waals surface area contributed by atoms with Gasteiger partial charge in [0, 0.05) is 50.8 Å². The summed E-state index contributed by atoms with van der Waals surface area (Å²) in [6.07, 6.45) is -10.3. The lowest BCUT2D eigenvalue weighted by molar-refractivity contribution is -0.386. The minimum Gasteiger partial charge on any atom is -0.493 e. The summed E-state index contributed by atoms with van der Waals surface area (Å²) in [7, 11) is 2.52. The number of hydrogen-bond acceptors (Lipinski definition) is 25. The van der Waals surface area contributed by atoms with Crippen LogP contribution in [-0.2, 0) is 77.9 Å². The molecule has 0 radical (unpaired) electrons. The van der Waals surface area contributed by atoms with Gasteiger partial charge in [-0.1, -0.05) is 32.0 Å². The van der Waals surface area contributed by atoms with Gasteiger partial charge < -0.3 is 66.7 Å². The topological polar surface area (TPSA) is 320 Å². The minimum absolute atomic E-state index is 0.0489. The summed E-state index contributed by atoms with van der Waals surface area (Å²) in [5.74, 6) is -15.2. The first kappa shape index (κ1) is 59.9. The first-order valence-corrected chi connectivity index (χ1v) is 26.6. The number of aromatic nitrogens is 2. The van der Waals surface area contributed by atoms with Crippen molar-refractivity contribution in [3.8, 4) is 17.2 Å². The SMILES string of the molecule is COc1cc2cc(OC)c1OCc1ccncc1C(=O)OC[C@]13[C@H](OC(=O)C(C)(C)OC(C)=O)[C@H](OC2=O)[C@@H]2[C@@H](OC(C)=O)[C@@]14O[C@@]2(C)COC(=O)c1cccnc1[C@@H](C)[C@H](C)C(=O)O[C@@H]([C@H](OC(=O)c1ccccc1)[C@@H]3OC(C)=O)[C@]4(C)O. The predicted octanol–water partition coefficient (Wildman–Crippen LogP) is 4.54. The Morgan fingerprint density at radius 2 is 1.35 bits per heavy atom. The first-order valence-electron chi connectivity index (χ1n) is 26.6. The van der Waals surface area contributed by atoms with Crippen molar-refractivity contribution < 1.29 is 110 Å². The molecular formula is C59H62N2O23. The number of carbonyl (C=O) groups excluding carboxylic acids is 9. The molecule has 25 nitrogen and oxygen atoms in total. The van der Waals surface area contributed by atoms with Crippen LogP contribution in [0.3, 0.4) is 0 Å². The number of esters is 9. The number of benzene rings is 2.